The van der Waals surface area contributed by atoms with Gasteiger partial charge in [-0.25, -0.2) is 0 Å². The van der Waals surface area contributed by atoms with Gasteiger partial charge in [0.1, 0.15) is 5.75 Å². The van der Waals surface area contributed by atoms with Crippen molar-refractivity contribution in [2.75, 3.05) is 0 Å². The van der Waals surface area contributed by atoms with E-state index >= 15 is 0 Å². The van der Waals surface area contributed by atoms with Crippen molar-refractivity contribution >= 4 is 45.2 Å². The van der Waals surface area contributed by atoms with Gasteiger partial charge in [0, 0.05) is 52.9 Å². The zero-order chi connectivity index (χ0) is 25.0. The maximum Gasteiger partial charge on any atom is 0.259 e. The summed E-state index contributed by atoms with van der Waals surface area (Å²) in [6, 6.07) is 17.0. The number of unbranched alkanes of at least 4 members (excludes halogenated alkanes) is 1. The number of aromatic hydroxyl groups is 1. The van der Waals surface area contributed by atoms with E-state index in [2.05, 4.69) is 22.3 Å². The standard InChI is InChI=1S/C29H24ClN3O3/c1-32-22-14-17(8-4-5-11-33-12-6-7-13-33)24(34)16-20(22)25-23(32)15-19(18-9-2-3-10-21(18)30)26-27(25)29(36)31-28(26)35/h2-3,6-7,9-10,12-16,34H,4-5,8,11H2,1H3,(H,31,35,36). The molecule has 2 amide bonds. The van der Waals surface area contributed by atoms with Crippen molar-refractivity contribution in [1.82, 2.24) is 14.5 Å². The molecule has 0 atom stereocenters. The van der Waals surface area contributed by atoms with Crippen LogP contribution >= 0.6 is 11.6 Å². The molecule has 0 spiro atoms. The zero-order valence-electron chi connectivity index (χ0n) is 19.7. The number of carbonyl (C=O) groups is 2. The second kappa shape index (κ2) is 8.57. The minimum Gasteiger partial charge on any atom is -0.508 e. The van der Waals surface area contributed by atoms with Crippen molar-refractivity contribution in [2.24, 2.45) is 7.05 Å². The van der Waals surface area contributed by atoms with Crippen LogP contribution in [0.25, 0.3) is 32.9 Å². The number of nitrogens with one attached hydrogen (secondary N) is 1. The molecule has 2 N–H and O–H groups in total. The number of hydrogen-bond acceptors (Lipinski definition) is 3. The van der Waals surface area contributed by atoms with Crippen LogP contribution in [0, 0.1) is 0 Å². The van der Waals surface area contributed by atoms with Crippen molar-refractivity contribution in [3.63, 3.8) is 0 Å². The Kier molecular flexibility index (Phi) is 5.34. The fourth-order valence-corrected chi connectivity index (χ4v) is 5.58. The van der Waals surface area contributed by atoms with Gasteiger partial charge in [0.2, 0.25) is 0 Å². The van der Waals surface area contributed by atoms with Crippen molar-refractivity contribution in [3.8, 4) is 16.9 Å². The third kappa shape index (κ3) is 3.48. The van der Waals surface area contributed by atoms with Crippen LogP contribution < -0.4 is 5.32 Å². The summed E-state index contributed by atoms with van der Waals surface area (Å²) in [5, 5.41) is 15.3. The van der Waals surface area contributed by atoms with Gasteiger partial charge in [0.15, 0.2) is 0 Å². The van der Waals surface area contributed by atoms with E-state index in [0.29, 0.717) is 32.7 Å². The molecule has 0 saturated heterocycles. The van der Waals surface area contributed by atoms with Crippen LogP contribution in [0.1, 0.15) is 39.1 Å². The lowest BCUT2D eigenvalue weighted by molar-refractivity contribution is 0.0880. The van der Waals surface area contributed by atoms with Crippen LogP contribution in [0.5, 0.6) is 5.75 Å². The summed E-state index contributed by atoms with van der Waals surface area (Å²) in [5.41, 5.74) is 4.52. The van der Waals surface area contributed by atoms with Crippen LogP contribution in [0.15, 0.2) is 67.0 Å². The van der Waals surface area contributed by atoms with Gasteiger partial charge in [0.25, 0.3) is 11.8 Å². The first-order chi connectivity index (χ1) is 17.4. The summed E-state index contributed by atoms with van der Waals surface area (Å²) in [7, 11) is 1.94. The summed E-state index contributed by atoms with van der Waals surface area (Å²) < 4.78 is 4.17. The molecule has 2 aromatic heterocycles. The highest BCUT2D eigenvalue weighted by Crippen LogP contribution is 2.43. The second-order valence-electron chi connectivity index (χ2n) is 9.27. The molecule has 3 aromatic carbocycles. The maximum absolute atomic E-state index is 13.0. The number of halogens is 1. The van der Waals surface area contributed by atoms with Crippen LogP contribution in [0.4, 0.5) is 0 Å². The van der Waals surface area contributed by atoms with Gasteiger partial charge in [0.05, 0.1) is 16.6 Å². The normalized spacial score (nSPS) is 13.1. The van der Waals surface area contributed by atoms with E-state index in [4.69, 9.17) is 11.6 Å². The molecule has 0 aliphatic carbocycles. The molecule has 7 heteroatoms. The van der Waals surface area contributed by atoms with Crippen LogP contribution in [-0.2, 0) is 20.0 Å². The first-order valence-corrected chi connectivity index (χ1v) is 12.3. The van der Waals surface area contributed by atoms with E-state index in [9.17, 15) is 14.7 Å². The Morgan fingerprint density at radius 3 is 2.42 bits per heavy atom. The molecule has 0 bridgehead atoms. The highest BCUT2D eigenvalue weighted by atomic mass is 35.5. The number of phenolic OH excluding ortho intramolecular Hbond substituents is 1. The van der Waals surface area contributed by atoms with E-state index in [1.165, 1.54) is 0 Å². The summed E-state index contributed by atoms with van der Waals surface area (Å²) in [6.45, 7) is 0.935. The summed E-state index contributed by atoms with van der Waals surface area (Å²) in [6.07, 6.45) is 6.78. The zero-order valence-corrected chi connectivity index (χ0v) is 20.5. The van der Waals surface area contributed by atoms with Gasteiger partial charge in [-0.1, -0.05) is 29.8 Å². The third-order valence-corrected chi connectivity index (χ3v) is 7.45. The monoisotopic (exact) mass is 497 g/mol. The Morgan fingerprint density at radius 1 is 0.889 bits per heavy atom. The first kappa shape index (κ1) is 22.4. The van der Waals surface area contributed by atoms with Crippen molar-refractivity contribution in [3.05, 3.63) is 88.7 Å². The predicted molar refractivity (Wildman–Crippen MR) is 142 cm³/mol. The minimum atomic E-state index is -0.438. The van der Waals surface area contributed by atoms with Gasteiger partial charge in [-0.05, 0) is 66.8 Å². The molecule has 0 unspecified atom stereocenters. The predicted octanol–water partition coefficient (Wildman–Crippen LogP) is 6.07. The minimum absolute atomic E-state index is 0.199. The number of carbonyl (C=O) groups excluding carboxylic acids is 2. The number of imide groups is 1. The number of aryl methyl sites for hydroxylation is 3. The molecule has 3 heterocycles. The third-order valence-electron chi connectivity index (χ3n) is 7.12. The number of hydrogen-bond donors (Lipinski definition) is 2. The molecular weight excluding hydrogens is 474 g/mol. The van der Waals surface area contributed by atoms with Crippen molar-refractivity contribution < 1.29 is 14.7 Å². The van der Waals surface area contributed by atoms with Gasteiger partial charge < -0.3 is 14.2 Å². The van der Waals surface area contributed by atoms with E-state index < -0.39 is 11.8 Å². The largest absolute Gasteiger partial charge is 0.508 e. The van der Waals surface area contributed by atoms with E-state index in [1.807, 2.05) is 54.1 Å². The Bertz CT molecular complexity index is 1680. The molecule has 1 aliphatic heterocycles. The quantitative estimate of drug-likeness (QED) is 0.221. The summed E-state index contributed by atoms with van der Waals surface area (Å²) in [5.74, 6) is -0.674. The summed E-state index contributed by atoms with van der Waals surface area (Å²) >= 11 is 6.49. The van der Waals surface area contributed by atoms with Gasteiger partial charge in [-0.2, -0.15) is 0 Å². The van der Waals surface area contributed by atoms with E-state index in [0.717, 1.165) is 47.8 Å². The van der Waals surface area contributed by atoms with Crippen molar-refractivity contribution in [2.45, 2.75) is 25.8 Å². The van der Waals surface area contributed by atoms with Crippen LogP contribution in [0.3, 0.4) is 0 Å². The number of amides is 2. The average Bonchev–Trinajstić information content (AvgIpc) is 3.55. The van der Waals surface area contributed by atoms with Gasteiger partial charge >= 0.3 is 0 Å². The smallest absolute Gasteiger partial charge is 0.259 e. The first-order valence-electron chi connectivity index (χ1n) is 12.0. The lowest BCUT2D eigenvalue weighted by atomic mass is 9.92. The Morgan fingerprint density at radius 2 is 1.64 bits per heavy atom. The number of fused-ring (bicyclic) bond motifs is 5. The average molecular weight is 498 g/mol. The van der Waals surface area contributed by atoms with Gasteiger partial charge in [-0.15, -0.1) is 0 Å². The molecule has 180 valence electrons. The molecule has 5 aromatic rings. The maximum atomic E-state index is 13.0. The van der Waals surface area contributed by atoms with E-state index in [1.54, 1.807) is 12.1 Å². The lowest BCUT2D eigenvalue weighted by Crippen LogP contribution is -2.20. The molecular formula is C29H24ClN3O3. The molecule has 1 aliphatic rings. The van der Waals surface area contributed by atoms with Crippen molar-refractivity contribution in [1.29, 1.82) is 0 Å². The number of aromatic nitrogens is 2. The fraction of sp³-hybridized carbons (Fsp3) is 0.172. The molecule has 6 rings (SSSR count). The fourth-order valence-electron chi connectivity index (χ4n) is 5.35. The number of benzene rings is 3. The Hall–Kier alpha value is -4.03. The van der Waals surface area contributed by atoms with E-state index in [-0.39, 0.29) is 5.75 Å². The number of nitrogens with zero attached hydrogens (tertiary/aromatic N) is 2. The molecule has 36 heavy (non-hydrogen) atoms. The molecule has 0 fully saturated rings. The lowest BCUT2D eigenvalue weighted by Gasteiger charge is -2.10. The highest BCUT2D eigenvalue weighted by molar-refractivity contribution is 6.36. The Balaban J connectivity index is 1.49. The summed E-state index contributed by atoms with van der Waals surface area (Å²) in [4.78, 5) is 25.9. The molecule has 0 saturated carbocycles. The van der Waals surface area contributed by atoms with Crippen LogP contribution in [0.2, 0.25) is 5.02 Å². The highest BCUT2D eigenvalue weighted by Gasteiger charge is 2.34. The second-order valence-corrected chi connectivity index (χ2v) is 9.67. The number of rotatable bonds is 6. The SMILES string of the molecule is Cn1c2cc(CCCCn3cccc3)c(O)cc2c2c3c(c(-c4ccccc4Cl)cc21)C(=O)NC3=O. The molecule has 6 nitrogen and oxygen atoms in total. The Labute approximate surface area is 212 Å². The van der Waals surface area contributed by atoms with Crippen LogP contribution in [-0.4, -0.2) is 26.1 Å². The molecule has 0 radical (unpaired) electrons. The van der Waals surface area contributed by atoms with Gasteiger partial charge in [-0.3, -0.25) is 14.9 Å². The topological polar surface area (TPSA) is 76.3 Å². The number of phenols is 1.